The molecule has 2 aliphatic rings. The van der Waals surface area contributed by atoms with Crippen molar-refractivity contribution in [3.63, 3.8) is 0 Å². The zero-order chi connectivity index (χ0) is 38.6. The Kier molecular flexibility index (Phi) is 6.76. The summed E-state index contributed by atoms with van der Waals surface area (Å²) < 4.78 is 0. The molecule has 0 saturated heterocycles. The fourth-order valence-electron chi connectivity index (χ4n) is 10.3. The number of pyridine rings is 1. The maximum atomic E-state index is 4.59. The highest BCUT2D eigenvalue weighted by atomic mass is 15.1. The maximum absolute atomic E-state index is 4.59. The van der Waals surface area contributed by atoms with Crippen LogP contribution in [0.25, 0.3) is 110 Å². The fraction of sp³-hybridized carbons (Fsp3) is 0. The summed E-state index contributed by atoms with van der Waals surface area (Å²) >= 11 is 0. The van der Waals surface area contributed by atoms with E-state index in [0.717, 1.165) is 17.1 Å². The van der Waals surface area contributed by atoms with Gasteiger partial charge in [0.1, 0.15) is 0 Å². The van der Waals surface area contributed by atoms with Gasteiger partial charge in [0, 0.05) is 17.6 Å². The highest BCUT2D eigenvalue weighted by Crippen LogP contribution is 2.54. The van der Waals surface area contributed by atoms with Crippen LogP contribution in [0.2, 0.25) is 0 Å². The lowest BCUT2D eigenvalue weighted by Gasteiger charge is -2.26. The van der Waals surface area contributed by atoms with Gasteiger partial charge < -0.3 is 4.90 Å². The van der Waals surface area contributed by atoms with Crippen molar-refractivity contribution in [3.8, 4) is 66.8 Å². The van der Waals surface area contributed by atoms with E-state index < -0.39 is 0 Å². The molecule has 2 nitrogen and oxygen atoms in total. The van der Waals surface area contributed by atoms with Gasteiger partial charge in [-0.05, 0) is 146 Å². The number of nitrogens with zero attached hydrogens (tertiary/aromatic N) is 2. The molecule has 0 radical (unpaired) electrons. The molecule has 0 unspecified atom stereocenters. The molecule has 11 aromatic rings. The van der Waals surface area contributed by atoms with Crippen molar-refractivity contribution in [1.82, 2.24) is 4.98 Å². The van der Waals surface area contributed by atoms with Crippen molar-refractivity contribution in [2.45, 2.75) is 0 Å². The van der Waals surface area contributed by atoms with Gasteiger partial charge in [-0.15, -0.1) is 0 Å². The molecule has 2 heteroatoms. The topological polar surface area (TPSA) is 16.1 Å². The van der Waals surface area contributed by atoms with E-state index in [9.17, 15) is 0 Å². The van der Waals surface area contributed by atoms with E-state index in [4.69, 9.17) is 0 Å². The monoisotopic (exact) mass is 746 g/mol. The number of fused-ring (bicyclic) bond motifs is 10. The van der Waals surface area contributed by atoms with Crippen molar-refractivity contribution in [3.05, 3.63) is 207 Å². The van der Waals surface area contributed by atoms with Gasteiger partial charge in [-0.1, -0.05) is 158 Å². The minimum absolute atomic E-state index is 1.01. The number of hydrogen-bond donors (Lipinski definition) is 0. The summed E-state index contributed by atoms with van der Waals surface area (Å²) in [5, 5.41) is 10.4. The van der Waals surface area contributed by atoms with Crippen LogP contribution in [0.1, 0.15) is 0 Å². The smallest absolute Gasteiger partial charge is 0.0644 e. The third kappa shape index (κ3) is 4.66. The first kappa shape index (κ1) is 32.3. The molecule has 0 saturated carbocycles. The van der Waals surface area contributed by atoms with Crippen LogP contribution in [0.3, 0.4) is 0 Å². The van der Waals surface area contributed by atoms with Gasteiger partial charge in [0.25, 0.3) is 0 Å². The molecular weight excluding hydrogens is 713 g/mol. The second kappa shape index (κ2) is 12.3. The highest BCUT2D eigenvalue weighted by molar-refractivity contribution is 6.25. The third-order valence-electron chi connectivity index (χ3n) is 12.8. The molecule has 0 atom stereocenters. The molecule has 272 valence electrons. The van der Waals surface area contributed by atoms with Crippen molar-refractivity contribution in [1.29, 1.82) is 0 Å². The third-order valence-corrected chi connectivity index (χ3v) is 12.8. The molecule has 0 bridgehead atoms. The molecular formula is C57H34N2. The van der Waals surface area contributed by atoms with Crippen LogP contribution in [0.5, 0.6) is 0 Å². The van der Waals surface area contributed by atoms with E-state index in [1.54, 1.807) is 0 Å². The van der Waals surface area contributed by atoms with Crippen LogP contribution >= 0.6 is 0 Å². The largest absolute Gasteiger partial charge is 0.309 e. The SMILES string of the molecule is c1cncc(N(c2cccc(-c3ccc4c5c(cccc35)-c3c-4ccc4ccccc34)c2)c2cccc(-c3ccc4c5c(cccc35)-c3c-4ccc4ccccc34)c2)c1. The van der Waals surface area contributed by atoms with E-state index in [-0.39, 0.29) is 0 Å². The molecule has 10 aromatic carbocycles. The summed E-state index contributed by atoms with van der Waals surface area (Å²) in [5.74, 6) is 0. The lowest BCUT2D eigenvalue weighted by atomic mass is 9.93. The molecule has 0 fully saturated rings. The summed E-state index contributed by atoms with van der Waals surface area (Å²) in [5.41, 5.74) is 18.5. The summed E-state index contributed by atoms with van der Waals surface area (Å²) in [6.45, 7) is 0. The Morgan fingerprint density at radius 3 is 1.29 bits per heavy atom. The molecule has 1 aromatic heterocycles. The van der Waals surface area contributed by atoms with Crippen LogP contribution in [-0.4, -0.2) is 4.98 Å². The second-order valence-corrected chi connectivity index (χ2v) is 15.8. The maximum Gasteiger partial charge on any atom is 0.0644 e. The van der Waals surface area contributed by atoms with E-state index in [1.165, 1.54) is 110 Å². The number of benzene rings is 10. The van der Waals surface area contributed by atoms with Crippen LogP contribution in [0.4, 0.5) is 17.1 Å². The number of hydrogen-bond acceptors (Lipinski definition) is 2. The van der Waals surface area contributed by atoms with Gasteiger partial charge in [0.2, 0.25) is 0 Å². The van der Waals surface area contributed by atoms with Crippen LogP contribution in [-0.2, 0) is 0 Å². The Hall–Kier alpha value is -7.81. The Labute approximate surface area is 341 Å². The van der Waals surface area contributed by atoms with Crippen molar-refractivity contribution >= 4 is 60.2 Å². The molecule has 0 aliphatic heterocycles. The molecule has 59 heavy (non-hydrogen) atoms. The van der Waals surface area contributed by atoms with Crippen LogP contribution < -0.4 is 4.90 Å². The molecule has 1 heterocycles. The Bertz CT molecular complexity index is 3350. The molecule has 0 spiro atoms. The molecule has 0 N–H and O–H groups in total. The number of anilines is 3. The van der Waals surface area contributed by atoms with Crippen LogP contribution in [0, 0.1) is 0 Å². The fourth-order valence-corrected chi connectivity index (χ4v) is 10.3. The molecule has 13 rings (SSSR count). The van der Waals surface area contributed by atoms with E-state index in [0.29, 0.717) is 0 Å². The standard InChI is InChI=1S/C57H34N2/c1-3-17-44-35(10-1)23-25-48-50-29-27-42(46-19-7-21-52(54(44)48)56(46)50)37-12-5-14-39(32-37)59(41-16-9-31-58-34-41)40-15-6-13-38(33-40)43-28-30-51-49-26-24-36-11-2-4-18-45(36)55(49)53-22-8-20-47(43)57(51)53/h1-34H. The van der Waals surface area contributed by atoms with Crippen molar-refractivity contribution < 1.29 is 0 Å². The van der Waals surface area contributed by atoms with Gasteiger partial charge >= 0.3 is 0 Å². The Morgan fingerprint density at radius 2 is 0.763 bits per heavy atom. The Balaban J connectivity index is 0.946. The lowest BCUT2D eigenvalue weighted by molar-refractivity contribution is 1.23. The zero-order valence-corrected chi connectivity index (χ0v) is 32.0. The average molecular weight is 747 g/mol. The summed E-state index contributed by atoms with van der Waals surface area (Å²) in [6.07, 6.45) is 3.80. The van der Waals surface area contributed by atoms with E-state index in [1.807, 2.05) is 18.5 Å². The van der Waals surface area contributed by atoms with E-state index in [2.05, 4.69) is 198 Å². The van der Waals surface area contributed by atoms with E-state index >= 15 is 0 Å². The minimum atomic E-state index is 1.01. The van der Waals surface area contributed by atoms with Crippen molar-refractivity contribution in [2.24, 2.45) is 0 Å². The first-order valence-corrected chi connectivity index (χ1v) is 20.4. The quantitative estimate of drug-likeness (QED) is 0.174. The predicted octanol–water partition coefficient (Wildman–Crippen LogP) is 15.8. The second-order valence-electron chi connectivity index (χ2n) is 15.8. The van der Waals surface area contributed by atoms with Gasteiger partial charge in [-0.2, -0.15) is 0 Å². The highest BCUT2D eigenvalue weighted by Gasteiger charge is 2.27. The summed E-state index contributed by atoms with van der Waals surface area (Å²) in [7, 11) is 0. The minimum Gasteiger partial charge on any atom is -0.309 e. The molecule has 2 aliphatic carbocycles. The molecule has 0 amide bonds. The lowest BCUT2D eigenvalue weighted by Crippen LogP contribution is -2.10. The van der Waals surface area contributed by atoms with Gasteiger partial charge in [-0.25, -0.2) is 0 Å². The number of aromatic nitrogens is 1. The normalized spacial score (nSPS) is 12.1. The van der Waals surface area contributed by atoms with Gasteiger partial charge in [-0.3, -0.25) is 4.98 Å². The van der Waals surface area contributed by atoms with Gasteiger partial charge in [0.15, 0.2) is 0 Å². The zero-order valence-electron chi connectivity index (χ0n) is 32.0. The van der Waals surface area contributed by atoms with Crippen molar-refractivity contribution in [2.75, 3.05) is 4.90 Å². The summed E-state index contributed by atoms with van der Waals surface area (Å²) in [6, 6.07) is 71.7. The predicted molar refractivity (Wildman–Crippen MR) is 249 cm³/mol. The summed E-state index contributed by atoms with van der Waals surface area (Å²) in [4.78, 5) is 6.93. The Morgan fingerprint density at radius 1 is 0.305 bits per heavy atom. The average Bonchev–Trinajstić information content (AvgIpc) is 3.82. The van der Waals surface area contributed by atoms with Crippen LogP contribution in [0.15, 0.2) is 207 Å². The number of rotatable bonds is 5. The first-order chi connectivity index (χ1) is 29.3. The first-order valence-electron chi connectivity index (χ1n) is 20.4. The van der Waals surface area contributed by atoms with Gasteiger partial charge in [0.05, 0.1) is 11.9 Å².